The standard InChI is InChI=1S/C13H10BrFN2O2/c14-8-4-2-6-10(12(8)18)17-13(19)7-3-1-5-9(15)11(7)16/h1-6,18H,16H2,(H,17,19). The summed E-state index contributed by atoms with van der Waals surface area (Å²) in [6.45, 7) is 0. The lowest BCUT2D eigenvalue weighted by molar-refractivity contribution is 0.102. The normalized spacial score (nSPS) is 10.2. The van der Waals surface area contributed by atoms with Gasteiger partial charge < -0.3 is 16.2 Å². The number of nitrogens with one attached hydrogen (secondary N) is 1. The highest BCUT2D eigenvalue weighted by molar-refractivity contribution is 9.10. The van der Waals surface area contributed by atoms with Crippen LogP contribution in [0.2, 0.25) is 0 Å². The van der Waals surface area contributed by atoms with Gasteiger partial charge in [-0.25, -0.2) is 4.39 Å². The van der Waals surface area contributed by atoms with E-state index in [2.05, 4.69) is 21.2 Å². The van der Waals surface area contributed by atoms with Gasteiger partial charge in [0.25, 0.3) is 5.91 Å². The van der Waals surface area contributed by atoms with Crippen LogP contribution < -0.4 is 11.1 Å². The molecule has 19 heavy (non-hydrogen) atoms. The molecule has 2 rings (SSSR count). The Morgan fingerprint density at radius 3 is 2.68 bits per heavy atom. The van der Waals surface area contributed by atoms with Crippen molar-refractivity contribution in [2.45, 2.75) is 0 Å². The van der Waals surface area contributed by atoms with Gasteiger partial charge in [0.05, 0.1) is 21.4 Å². The van der Waals surface area contributed by atoms with Gasteiger partial charge in [0, 0.05) is 0 Å². The predicted molar refractivity (Wildman–Crippen MR) is 74.6 cm³/mol. The number of amides is 1. The van der Waals surface area contributed by atoms with Gasteiger partial charge in [0.1, 0.15) is 5.82 Å². The van der Waals surface area contributed by atoms with E-state index in [0.29, 0.717) is 4.47 Å². The molecule has 0 saturated carbocycles. The molecule has 0 saturated heterocycles. The van der Waals surface area contributed by atoms with E-state index in [-0.39, 0.29) is 22.7 Å². The summed E-state index contributed by atoms with van der Waals surface area (Å²) in [5.74, 6) is -1.36. The van der Waals surface area contributed by atoms with Crippen molar-refractivity contribution in [1.29, 1.82) is 0 Å². The van der Waals surface area contributed by atoms with Crippen LogP contribution in [0.25, 0.3) is 0 Å². The molecule has 4 N–H and O–H groups in total. The number of rotatable bonds is 2. The van der Waals surface area contributed by atoms with Gasteiger partial charge in [-0.1, -0.05) is 12.1 Å². The van der Waals surface area contributed by atoms with Crippen LogP contribution in [0.3, 0.4) is 0 Å². The van der Waals surface area contributed by atoms with Crippen LogP contribution in [0.4, 0.5) is 15.8 Å². The number of aromatic hydroxyl groups is 1. The molecule has 0 atom stereocenters. The average molecular weight is 325 g/mol. The number of phenolic OH excluding ortho intramolecular Hbond substituents is 1. The Morgan fingerprint density at radius 2 is 1.95 bits per heavy atom. The van der Waals surface area contributed by atoms with Crippen LogP contribution in [0.5, 0.6) is 5.75 Å². The third-order valence-electron chi connectivity index (χ3n) is 2.53. The zero-order valence-electron chi connectivity index (χ0n) is 9.65. The Morgan fingerprint density at radius 1 is 1.26 bits per heavy atom. The van der Waals surface area contributed by atoms with Crippen molar-refractivity contribution in [2.24, 2.45) is 0 Å². The Bertz CT molecular complexity index is 647. The maximum Gasteiger partial charge on any atom is 0.257 e. The van der Waals surface area contributed by atoms with Crippen molar-refractivity contribution in [3.63, 3.8) is 0 Å². The third kappa shape index (κ3) is 2.68. The molecule has 1 amide bonds. The second-order valence-electron chi connectivity index (χ2n) is 3.79. The summed E-state index contributed by atoms with van der Waals surface area (Å²) < 4.78 is 13.7. The lowest BCUT2D eigenvalue weighted by Gasteiger charge is -2.10. The van der Waals surface area contributed by atoms with E-state index in [1.165, 1.54) is 24.3 Å². The van der Waals surface area contributed by atoms with Crippen molar-refractivity contribution in [3.05, 3.63) is 52.3 Å². The van der Waals surface area contributed by atoms with Gasteiger partial charge in [-0.15, -0.1) is 0 Å². The molecule has 0 aliphatic carbocycles. The minimum absolute atomic E-state index is 0.0133. The monoisotopic (exact) mass is 324 g/mol. The summed E-state index contributed by atoms with van der Waals surface area (Å²) in [6.07, 6.45) is 0. The second kappa shape index (κ2) is 5.27. The zero-order chi connectivity index (χ0) is 14.0. The first-order valence-electron chi connectivity index (χ1n) is 5.33. The summed E-state index contributed by atoms with van der Waals surface area (Å²) >= 11 is 3.13. The van der Waals surface area contributed by atoms with Crippen molar-refractivity contribution in [3.8, 4) is 5.75 Å². The maximum absolute atomic E-state index is 13.3. The molecule has 0 spiro atoms. The van der Waals surface area contributed by atoms with E-state index < -0.39 is 11.7 Å². The number of carbonyl (C=O) groups excluding carboxylic acids is 1. The van der Waals surface area contributed by atoms with Crippen molar-refractivity contribution in [2.75, 3.05) is 11.1 Å². The topological polar surface area (TPSA) is 75.4 Å². The number of hydrogen-bond acceptors (Lipinski definition) is 3. The van der Waals surface area contributed by atoms with Crippen molar-refractivity contribution in [1.82, 2.24) is 0 Å². The molecule has 0 aliphatic rings. The lowest BCUT2D eigenvalue weighted by atomic mass is 10.1. The number of phenols is 1. The van der Waals surface area contributed by atoms with Gasteiger partial charge >= 0.3 is 0 Å². The largest absolute Gasteiger partial charge is 0.505 e. The quantitative estimate of drug-likeness (QED) is 0.586. The fourth-order valence-corrected chi connectivity index (χ4v) is 1.91. The van der Waals surface area contributed by atoms with E-state index in [1.807, 2.05) is 0 Å². The molecule has 6 heteroatoms. The van der Waals surface area contributed by atoms with E-state index in [0.717, 1.165) is 0 Å². The van der Waals surface area contributed by atoms with Crippen LogP contribution in [0.15, 0.2) is 40.9 Å². The molecular formula is C13H10BrFN2O2. The van der Waals surface area contributed by atoms with E-state index in [1.54, 1.807) is 12.1 Å². The lowest BCUT2D eigenvalue weighted by Crippen LogP contribution is -2.14. The number of para-hydroxylation sites is 2. The Labute approximate surface area is 117 Å². The molecule has 4 nitrogen and oxygen atoms in total. The molecule has 0 unspecified atom stereocenters. The summed E-state index contributed by atoms with van der Waals surface area (Å²) in [5, 5.41) is 12.2. The summed E-state index contributed by atoms with van der Waals surface area (Å²) in [7, 11) is 0. The molecule has 2 aromatic carbocycles. The predicted octanol–water partition coefficient (Wildman–Crippen LogP) is 3.13. The minimum Gasteiger partial charge on any atom is -0.505 e. The van der Waals surface area contributed by atoms with Crippen LogP contribution in [-0.4, -0.2) is 11.0 Å². The highest BCUT2D eigenvalue weighted by Crippen LogP contribution is 2.32. The number of carbonyl (C=O) groups is 1. The molecule has 0 bridgehead atoms. The van der Waals surface area contributed by atoms with E-state index in [4.69, 9.17) is 5.73 Å². The highest BCUT2D eigenvalue weighted by atomic mass is 79.9. The maximum atomic E-state index is 13.3. The van der Waals surface area contributed by atoms with Crippen molar-refractivity contribution >= 4 is 33.2 Å². The molecular weight excluding hydrogens is 315 g/mol. The van der Waals surface area contributed by atoms with Crippen LogP contribution in [0, 0.1) is 5.82 Å². The smallest absolute Gasteiger partial charge is 0.257 e. The summed E-state index contributed by atoms with van der Waals surface area (Å²) in [6, 6.07) is 8.76. The summed E-state index contributed by atoms with van der Waals surface area (Å²) in [4.78, 5) is 12.0. The molecule has 98 valence electrons. The zero-order valence-corrected chi connectivity index (χ0v) is 11.2. The number of hydrogen-bond donors (Lipinski definition) is 3. The number of halogens is 2. The van der Waals surface area contributed by atoms with E-state index in [9.17, 15) is 14.3 Å². The van der Waals surface area contributed by atoms with Crippen molar-refractivity contribution < 1.29 is 14.3 Å². The Hall–Kier alpha value is -2.08. The number of benzene rings is 2. The van der Waals surface area contributed by atoms with Gasteiger partial charge in [-0.2, -0.15) is 0 Å². The fourth-order valence-electron chi connectivity index (χ4n) is 1.54. The number of nitrogens with two attached hydrogens (primary N) is 1. The summed E-state index contributed by atoms with van der Waals surface area (Å²) in [5.41, 5.74) is 5.49. The van der Waals surface area contributed by atoms with Gasteiger partial charge in [0.15, 0.2) is 5.75 Å². The first-order valence-corrected chi connectivity index (χ1v) is 6.13. The van der Waals surface area contributed by atoms with Gasteiger partial charge in [-0.3, -0.25) is 4.79 Å². The van der Waals surface area contributed by atoms with Crippen LogP contribution in [0.1, 0.15) is 10.4 Å². The Kier molecular flexibility index (Phi) is 3.71. The third-order valence-corrected chi connectivity index (χ3v) is 3.17. The fraction of sp³-hybridized carbons (Fsp3) is 0. The molecule has 0 heterocycles. The first kappa shape index (κ1) is 13.4. The van der Waals surface area contributed by atoms with Crippen LogP contribution in [-0.2, 0) is 0 Å². The van der Waals surface area contributed by atoms with Crippen LogP contribution >= 0.6 is 15.9 Å². The number of anilines is 2. The molecule has 2 aromatic rings. The minimum atomic E-state index is -0.661. The average Bonchev–Trinajstić information content (AvgIpc) is 2.38. The van der Waals surface area contributed by atoms with E-state index >= 15 is 0 Å². The molecule has 0 aromatic heterocycles. The Balaban J connectivity index is 2.31. The highest BCUT2D eigenvalue weighted by Gasteiger charge is 2.14. The number of nitrogen functional groups attached to an aromatic ring is 1. The second-order valence-corrected chi connectivity index (χ2v) is 4.65. The molecule has 0 aliphatic heterocycles. The van der Waals surface area contributed by atoms with Gasteiger partial charge in [0.2, 0.25) is 0 Å². The molecule has 0 fully saturated rings. The molecule has 0 radical (unpaired) electrons. The SMILES string of the molecule is Nc1c(F)cccc1C(=O)Nc1cccc(Br)c1O. The first-order chi connectivity index (χ1) is 9.00. The van der Waals surface area contributed by atoms with Gasteiger partial charge in [-0.05, 0) is 40.2 Å².